The van der Waals surface area contributed by atoms with E-state index in [4.69, 9.17) is 14.2 Å². The molecule has 0 aliphatic carbocycles. The standard InChI is InChI=1S/C14H15BrO5/c1-2-18-13(17)4-3-11(16)9-7-10(15)14-12(8-9)19-5-6-20-14/h7-8H,2-6H2,1H3. The number of carbonyl (C=O) groups is 2. The Kier molecular flexibility index (Phi) is 5.00. The minimum atomic E-state index is -0.363. The number of halogens is 1. The van der Waals surface area contributed by atoms with Crippen LogP contribution in [0.3, 0.4) is 0 Å². The number of ether oxygens (including phenoxy) is 3. The van der Waals surface area contributed by atoms with Crippen molar-refractivity contribution in [2.24, 2.45) is 0 Å². The van der Waals surface area contributed by atoms with Gasteiger partial charge in [0.2, 0.25) is 0 Å². The molecular formula is C14H15BrO5. The Morgan fingerprint density at radius 2 is 2.00 bits per heavy atom. The molecule has 0 radical (unpaired) electrons. The average molecular weight is 343 g/mol. The van der Waals surface area contributed by atoms with E-state index in [1.165, 1.54) is 0 Å². The highest BCUT2D eigenvalue weighted by molar-refractivity contribution is 9.10. The van der Waals surface area contributed by atoms with Gasteiger partial charge in [-0.3, -0.25) is 9.59 Å². The first-order valence-electron chi connectivity index (χ1n) is 6.39. The zero-order chi connectivity index (χ0) is 14.5. The first-order chi connectivity index (χ1) is 9.61. The normalized spacial score (nSPS) is 12.9. The molecule has 0 atom stereocenters. The minimum Gasteiger partial charge on any atom is -0.486 e. The molecule has 1 aromatic rings. The molecule has 1 aliphatic rings. The maximum absolute atomic E-state index is 12.1. The number of rotatable bonds is 5. The van der Waals surface area contributed by atoms with E-state index in [-0.39, 0.29) is 24.6 Å². The van der Waals surface area contributed by atoms with Crippen molar-refractivity contribution in [1.82, 2.24) is 0 Å². The van der Waals surface area contributed by atoms with Gasteiger partial charge >= 0.3 is 5.97 Å². The van der Waals surface area contributed by atoms with Crippen LogP contribution in [0.5, 0.6) is 11.5 Å². The summed E-state index contributed by atoms with van der Waals surface area (Å²) in [5.74, 6) is 0.663. The number of carbonyl (C=O) groups excluding carboxylic acids is 2. The van der Waals surface area contributed by atoms with E-state index in [9.17, 15) is 9.59 Å². The Bertz CT molecular complexity index is 527. The maximum atomic E-state index is 12.1. The summed E-state index contributed by atoms with van der Waals surface area (Å²) in [6.45, 7) is 3.00. The molecule has 20 heavy (non-hydrogen) atoms. The summed E-state index contributed by atoms with van der Waals surface area (Å²) in [6, 6.07) is 3.33. The van der Waals surface area contributed by atoms with Gasteiger partial charge in [-0.2, -0.15) is 0 Å². The van der Waals surface area contributed by atoms with E-state index in [1.54, 1.807) is 19.1 Å². The van der Waals surface area contributed by atoms with Crippen LogP contribution in [0.2, 0.25) is 0 Å². The largest absolute Gasteiger partial charge is 0.486 e. The number of benzene rings is 1. The van der Waals surface area contributed by atoms with Gasteiger partial charge in [0.05, 0.1) is 17.5 Å². The molecule has 1 aliphatic heterocycles. The van der Waals surface area contributed by atoms with Gasteiger partial charge in [0.1, 0.15) is 13.2 Å². The second kappa shape index (κ2) is 6.74. The molecule has 6 heteroatoms. The van der Waals surface area contributed by atoms with Crippen LogP contribution < -0.4 is 9.47 Å². The molecule has 0 unspecified atom stereocenters. The second-order valence-corrected chi connectivity index (χ2v) is 5.06. The topological polar surface area (TPSA) is 61.8 Å². The molecule has 0 amide bonds. The van der Waals surface area contributed by atoms with Crippen molar-refractivity contribution in [3.05, 3.63) is 22.2 Å². The van der Waals surface area contributed by atoms with Gasteiger partial charge in [-0.05, 0) is 35.0 Å². The SMILES string of the molecule is CCOC(=O)CCC(=O)c1cc(Br)c2c(c1)OCCO2. The second-order valence-electron chi connectivity index (χ2n) is 4.21. The highest BCUT2D eigenvalue weighted by Gasteiger charge is 2.19. The lowest BCUT2D eigenvalue weighted by molar-refractivity contribution is -0.143. The van der Waals surface area contributed by atoms with Crippen LogP contribution in [0.15, 0.2) is 16.6 Å². The summed E-state index contributed by atoms with van der Waals surface area (Å²) in [4.78, 5) is 23.3. The van der Waals surface area contributed by atoms with Crippen molar-refractivity contribution in [2.75, 3.05) is 19.8 Å². The monoisotopic (exact) mass is 342 g/mol. The van der Waals surface area contributed by atoms with Gasteiger partial charge < -0.3 is 14.2 Å². The zero-order valence-corrected chi connectivity index (χ0v) is 12.7. The van der Waals surface area contributed by atoms with Crippen molar-refractivity contribution < 1.29 is 23.8 Å². The average Bonchev–Trinajstić information content (AvgIpc) is 2.45. The molecular weight excluding hydrogens is 328 g/mol. The molecule has 5 nitrogen and oxygen atoms in total. The van der Waals surface area contributed by atoms with E-state index in [0.29, 0.717) is 41.4 Å². The van der Waals surface area contributed by atoms with Gasteiger partial charge in [0.25, 0.3) is 0 Å². The van der Waals surface area contributed by atoms with Gasteiger partial charge in [0, 0.05) is 12.0 Å². The van der Waals surface area contributed by atoms with Crippen molar-refractivity contribution in [3.8, 4) is 11.5 Å². The van der Waals surface area contributed by atoms with Crippen molar-refractivity contribution >= 4 is 27.7 Å². The Labute approximate surface area is 125 Å². The number of hydrogen-bond acceptors (Lipinski definition) is 5. The van der Waals surface area contributed by atoms with Crippen LogP contribution in [0.1, 0.15) is 30.1 Å². The van der Waals surface area contributed by atoms with E-state index in [0.717, 1.165) is 0 Å². The number of ketones is 1. The van der Waals surface area contributed by atoms with Crippen LogP contribution in [0, 0.1) is 0 Å². The smallest absolute Gasteiger partial charge is 0.306 e. The van der Waals surface area contributed by atoms with Crippen molar-refractivity contribution in [3.63, 3.8) is 0 Å². The van der Waals surface area contributed by atoms with Crippen molar-refractivity contribution in [1.29, 1.82) is 0 Å². The third kappa shape index (κ3) is 3.50. The molecule has 2 rings (SSSR count). The molecule has 108 valence electrons. The maximum Gasteiger partial charge on any atom is 0.306 e. The predicted molar refractivity (Wildman–Crippen MR) is 75.3 cm³/mol. The Balaban J connectivity index is 2.07. The third-order valence-electron chi connectivity index (χ3n) is 2.78. The lowest BCUT2D eigenvalue weighted by atomic mass is 10.1. The fourth-order valence-electron chi connectivity index (χ4n) is 1.86. The minimum absolute atomic E-state index is 0.0821. The lowest BCUT2D eigenvalue weighted by Crippen LogP contribution is -2.16. The van der Waals surface area contributed by atoms with Crippen molar-refractivity contribution in [2.45, 2.75) is 19.8 Å². The summed E-state index contributed by atoms with van der Waals surface area (Å²) in [6.07, 6.45) is 0.198. The molecule has 0 spiro atoms. The lowest BCUT2D eigenvalue weighted by Gasteiger charge is -2.20. The van der Waals surface area contributed by atoms with Crippen LogP contribution in [0.4, 0.5) is 0 Å². The fourth-order valence-corrected chi connectivity index (χ4v) is 2.42. The van der Waals surface area contributed by atoms with Gasteiger partial charge in [-0.15, -0.1) is 0 Å². The molecule has 0 bridgehead atoms. The van der Waals surface area contributed by atoms with E-state index < -0.39 is 0 Å². The highest BCUT2D eigenvalue weighted by atomic mass is 79.9. The summed E-state index contributed by atoms with van der Waals surface area (Å²) in [5.41, 5.74) is 0.491. The molecule has 0 aromatic heterocycles. The molecule has 0 fully saturated rings. The summed E-state index contributed by atoms with van der Waals surface area (Å²) in [5, 5.41) is 0. The van der Waals surface area contributed by atoms with Gasteiger partial charge in [0.15, 0.2) is 17.3 Å². The van der Waals surface area contributed by atoms with Gasteiger partial charge in [-0.25, -0.2) is 0 Å². The molecule has 0 saturated heterocycles. The van der Waals surface area contributed by atoms with Gasteiger partial charge in [-0.1, -0.05) is 0 Å². The summed E-state index contributed by atoms with van der Waals surface area (Å²) < 4.78 is 16.4. The Hall–Kier alpha value is -1.56. The third-order valence-corrected chi connectivity index (χ3v) is 3.37. The van der Waals surface area contributed by atoms with E-state index in [2.05, 4.69) is 15.9 Å². The van der Waals surface area contributed by atoms with Crippen LogP contribution >= 0.6 is 15.9 Å². The van der Waals surface area contributed by atoms with Crippen LogP contribution in [-0.4, -0.2) is 31.6 Å². The van der Waals surface area contributed by atoms with E-state index >= 15 is 0 Å². The quantitative estimate of drug-likeness (QED) is 0.608. The molecule has 1 aromatic carbocycles. The number of Topliss-reactive ketones (excluding diaryl/α,β-unsaturated/α-hetero) is 1. The first kappa shape index (κ1) is 14.8. The first-order valence-corrected chi connectivity index (χ1v) is 7.19. The number of esters is 1. The van der Waals surface area contributed by atoms with Crippen LogP contribution in [-0.2, 0) is 9.53 Å². The predicted octanol–water partition coefficient (Wildman–Crippen LogP) is 2.75. The Morgan fingerprint density at radius 1 is 1.25 bits per heavy atom. The van der Waals surface area contributed by atoms with Crippen LogP contribution in [0.25, 0.3) is 0 Å². The summed E-state index contributed by atoms with van der Waals surface area (Å²) in [7, 11) is 0. The number of hydrogen-bond donors (Lipinski definition) is 0. The number of fused-ring (bicyclic) bond motifs is 1. The summed E-state index contributed by atoms with van der Waals surface area (Å²) >= 11 is 3.36. The zero-order valence-electron chi connectivity index (χ0n) is 11.1. The van der Waals surface area contributed by atoms with E-state index in [1.807, 2.05) is 0 Å². The molecule has 0 N–H and O–H groups in total. The molecule has 1 heterocycles. The Morgan fingerprint density at radius 3 is 2.75 bits per heavy atom. The molecule has 0 saturated carbocycles. The highest BCUT2D eigenvalue weighted by Crippen LogP contribution is 2.38. The fraction of sp³-hybridized carbons (Fsp3) is 0.429.